The lowest BCUT2D eigenvalue weighted by Gasteiger charge is -2.10. The number of ether oxygens (including phenoxy) is 1. The van der Waals surface area contributed by atoms with E-state index in [1.54, 1.807) is 24.2 Å². The zero-order valence-corrected chi connectivity index (χ0v) is 17.6. The monoisotopic (exact) mass is 415 g/mol. The first kappa shape index (κ1) is 18.8. The van der Waals surface area contributed by atoms with Gasteiger partial charge in [-0.25, -0.2) is 19.5 Å². The first-order valence-corrected chi connectivity index (χ1v) is 9.68. The summed E-state index contributed by atoms with van der Waals surface area (Å²) in [7, 11) is 5.42. The van der Waals surface area contributed by atoms with E-state index in [9.17, 15) is 0 Å². The van der Waals surface area contributed by atoms with E-state index >= 15 is 0 Å². The topological polar surface area (TPSA) is 100.0 Å². The fourth-order valence-corrected chi connectivity index (χ4v) is 3.51. The summed E-state index contributed by atoms with van der Waals surface area (Å²) in [6.07, 6.45) is 9.13. The maximum absolute atomic E-state index is 5.20. The Morgan fingerprint density at radius 2 is 1.90 bits per heavy atom. The molecule has 0 aliphatic rings. The molecule has 10 heteroatoms. The van der Waals surface area contributed by atoms with Crippen LogP contribution in [0.2, 0.25) is 0 Å². The van der Waals surface area contributed by atoms with Crippen LogP contribution in [-0.4, -0.2) is 46.0 Å². The molecular weight excluding hydrogens is 394 g/mol. The van der Waals surface area contributed by atoms with Gasteiger partial charge in [0.1, 0.15) is 17.1 Å². The van der Waals surface area contributed by atoms with Gasteiger partial charge in [0.05, 0.1) is 19.0 Å². The number of fused-ring (bicyclic) bond motifs is 1. The highest BCUT2D eigenvalue weighted by Crippen LogP contribution is 2.32. The van der Waals surface area contributed by atoms with E-state index < -0.39 is 0 Å². The third-order valence-electron chi connectivity index (χ3n) is 5.11. The van der Waals surface area contributed by atoms with Gasteiger partial charge in [-0.15, -0.1) is 5.10 Å². The number of pyridine rings is 1. The van der Waals surface area contributed by atoms with Crippen LogP contribution in [0.5, 0.6) is 5.75 Å². The van der Waals surface area contributed by atoms with Gasteiger partial charge in [-0.3, -0.25) is 4.68 Å². The maximum Gasteiger partial charge on any atom is 0.218 e. The van der Waals surface area contributed by atoms with Crippen molar-refractivity contribution in [1.29, 1.82) is 0 Å². The summed E-state index contributed by atoms with van der Waals surface area (Å²) in [5, 5.41) is 12.6. The van der Waals surface area contributed by atoms with Crippen molar-refractivity contribution in [2.75, 3.05) is 12.4 Å². The van der Waals surface area contributed by atoms with Crippen molar-refractivity contribution < 1.29 is 4.74 Å². The van der Waals surface area contributed by atoms with Crippen molar-refractivity contribution in [2.45, 2.75) is 6.92 Å². The van der Waals surface area contributed by atoms with Crippen molar-refractivity contribution in [3.05, 3.63) is 54.7 Å². The molecule has 0 unspecified atom stereocenters. The number of methoxy groups -OCH3 is 1. The number of anilines is 2. The first-order valence-electron chi connectivity index (χ1n) is 9.68. The zero-order chi connectivity index (χ0) is 21.5. The standard InChI is InChI=1S/C21H21N9O/c1-13-15(16-7-9-29(3)26-16)12-30-18(13)19(24-17-6-5-14(31-4)11-23-17)25-20(27-30)21-22-8-10-28(21)2/h5-12H,1-4H3,(H,23,24,25,27). The molecule has 1 N–H and O–H groups in total. The molecule has 31 heavy (non-hydrogen) atoms. The minimum Gasteiger partial charge on any atom is -0.495 e. The Morgan fingerprint density at radius 3 is 2.55 bits per heavy atom. The molecule has 10 nitrogen and oxygen atoms in total. The number of imidazole rings is 1. The Kier molecular flexibility index (Phi) is 4.39. The fourth-order valence-electron chi connectivity index (χ4n) is 3.51. The van der Waals surface area contributed by atoms with Crippen molar-refractivity contribution in [3.63, 3.8) is 0 Å². The Morgan fingerprint density at radius 1 is 1.03 bits per heavy atom. The molecule has 0 aromatic carbocycles. The summed E-state index contributed by atoms with van der Waals surface area (Å²) in [5.41, 5.74) is 3.72. The summed E-state index contributed by atoms with van der Waals surface area (Å²) < 4.78 is 10.7. The van der Waals surface area contributed by atoms with E-state index in [4.69, 9.17) is 14.8 Å². The van der Waals surface area contributed by atoms with Crippen LogP contribution in [0.15, 0.2) is 49.2 Å². The van der Waals surface area contributed by atoms with Crippen LogP contribution >= 0.6 is 0 Å². The summed E-state index contributed by atoms with van der Waals surface area (Å²) in [5.74, 6) is 3.12. The number of hydrogen-bond donors (Lipinski definition) is 1. The smallest absolute Gasteiger partial charge is 0.218 e. The van der Waals surface area contributed by atoms with E-state index in [0.717, 1.165) is 22.3 Å². The van der Waals surface area contributed by atoms with Crippen LogP contribution in [-0.2, 0) is 14.1 Å². The van der Waals surface area contributed by atoms with E-state index in [2.05, 4.69) is 20.4 Å². The highest BCUT2D eigenvalue weighted by molar-refractivity contribution is 5.84. The second-order valence-electron chi connectivity index (χ2n) is 7.19. The summed E-state index contributed by atoms with van der Waals surface area (Å²) >= 11 is 0. The molecule has 0 aliphatic heterocycles. The van der Waals surface area contributed by atoms with Crippen molar-refractivity contribution in [3.8, 4) is 28.7 Å². The maximum atomic E-state index is 5.20. The third-order valence-corrected chi connectivity index (χ3v) is 5.11. The lowest BCUT2D eigenvalue weighted by Crippen LogP contribution is -2.06. The molecule has 0 amide bonds. The molecular formula is C21H21N9O. The summed E-state index contributed by atoms with van der Waals surface area (Å²) in [6.45, 7) is 2.04. The Labute approximate surface area is 178 Å². The van der Waals surface area contributed by atoms with Crippen LogP contribution in [0.25, 0.3) is 28.4 Å². The minimum atomic E-state index is 0.499. The SMILES string of the molecule is COc1ccc(Nc2nc(-c3nccn3C)nn3cc(-c4ccn(C)n4)c(C)c23)nc1. The Hall–Kier alpha value is -4.21. The Bertz CT molecular complexity index is 1380. The van der Waals surface area contributed by atoms with Gasteiger partial charge in [0, 0.05) is 44.4 Å². The van der Waals surface area contributed by atoms with Gasteiger partial charge in [0.2, 0.25) is 5.82 Å². The number of hydrogen-bond acceptors (Lipinski definition) is 7. The molecule has 156 valence electrons. The van der Waals surface area contributed by atoms with E-state index in [1.807, 2.05) is 66.9 Å². The van der Waals surface area contributed by atoms with Gasteiger partial charge in [0.15, 0.2) is 11.6 Å². The molecule has 0 fully saturated rings. The largest absolute Gasteiger partial charge is 0.495 e. The summed E-state index contributed by atoms with van der Waals surface area (Å²) in [4.78, 5) is 13.6. The predicted molar refractivity (Wildman–Crippen MR) is 116 cm³/mol. The number of rotatable bonds is 5. The number of aromatic nitrogens is 8. The molecule has 5 rings (SSSR count). The summed E-state index contributed by atoms with van der Waals surface area (Å²) in [6, 6.07) is 5.67. The predicted octanol–water partition coefficient (Wildman–Crippen LogP) is 2.99. The van der Waals surface area contributed by atoms with Gasteiger partial charge in [-0.2, -0.15) is 5.10 Å². The second-order valence-corrected chi connectivity index (χ2v) is 7.19. The molecule has 5 heterocycles. The number of aryl methyl sites for hydroxylation is 3. The lowest BCUT2D eigenvalue weighted by atomic mass is 10.1. The normalized spacial score (nSPS) is 11.2. The van der Waals surface area contributed by atoms with E-state index in [0.29, 0.717) is 29.0 Å². The van der Waals surface area contributed by atoms with Gasteiger partial charge in [-0.1, -0.05) is 0 Å². The van der Waals surface area contributed by atoms with Crippen LogP contribution < -0.4 is 10.1 Å². The van der Waals surface area contributed by atoms with Gasteiger partial charge >= 0.3 is 0 Å². The quantitative estimate of drug-likeness (QED) is 0.471. The second kappa shape index (κ2) is 7.24. The van der Waals surface area contributed by atoms with Crippen molar-refractivity contribution in [2.24, 2.45) is 14.1 Å². The minimum absolute atomic E-state index is 0.499. The zero-order valence-electron chi connectivity index (χ0n) is 17.6. The third kappa shape index (κ3) is 3.27. The first-order chi connectivity index (χ1) is 15.0. The molecule has 5 aromatic rings. The van der Waals surface area contributed by atoms with Crippen molar-refractivity contribution in [1.82, 2.24) is 38.9 Å². The van der Waals surface area contributed by atoms with Gasteiger partial charge < -0.3 is 14.6 Å². The molecule has 0 radical (unpaired) electrons. The molecule has 0 aliphatic carbocycles. The Balaban J connectivity index is 1.69. The van der Waals surface area contributed by atoms with Crippen LogP contribution in [0.3, 0.4) is 0 Å². The van der Waals surface area contributed by atoms with Crippen LogP contribution in [0.4, 0.5) is 11.6 Å². The van der Waals surface area contributed by atoms with Gasteiger partial charge in [0.25, 0.3) is 0 Å². The van der Waals surface area contributed by atoms with Gasteiger partial charge in [-0.05, 0) is 30.7 Å². The fraction of sp³-hybridized carbons (Fsp3) is 0.190. The van der Waals surface area contributed by atoms with E-state index in [-0.39, 0.29) is 0 Å². The molecule has 0 saturated heterocycles. The molecule has 5 aromatic heterocycles. The number of nitrogens with one attached hydrogen (secondary N) is 1. The van der Waals surface area contributed by atoms with Crippen LogP contribution in [0, 0.1) is 6.92 Å². The molecule has 0 spiro atoms. The van der Waals surface area contributed by atoms with E-state index in [1.165, 1.54) is 0 Å². The highest BCUT2D eigenvalue weighted by Gasteiger charge is 2.19. The molecule has 0 saturated carbocycles. The number of nitrogens with zero attached hydrogens (tertiary/aromatic N) is 8. The lowest BCUT2D eigenvalue weighted by molar-refractivity contribution is 0.413. The molecule has 0 atom stereocenters. The molecule has 0 bridgehead atoms. The average Bonchev–Trinajstić information content (AvgIpc) is 3.47. The highest BCUT2D eigenvalue weighted by atomic mass is 16.5. The van der Waals surface area contributed by atoms with Crippen molar-refractivity contribution >= 4 is 17.2 Å². The average molecular weight is 415 g/mol. The van der Waals surface area contributed by atoms with Crippen LogP contribution in [0.1, 0.15) is 5.56 Å².